The molecule has 0 fully saturated rings. The van der Waals surface area contributed by atoms with Gasteiger partial charge in [-0.3, -0.25) is 0 Å². The van der Waals surface area contributed by atoms with E-state index in [1.807, 2.05) is 20.0 Å². The molecule has 2 aromatic rings. The molecule has 100 valence electrons. The lowest BCUT2D eigenvalue weighted by Gasteiger charge is -2.21. The lowest BCUT2D eigenvalue weighted by Crippen LogP contribution is -2.14. The number of aryl methyl sites for hydroxylation is 3. The van der Waals surface area contributed by atoms with E-state index < -0.39 is 0 Å². The van der Waals surface area contributed by atoms with Crippen LogP contribution in [0.1, 0.15) is 22.4 Å². The molecule has 0 radical (unpaired) electrons. The van der Waals surface area contributed by atoms with E-state index in [4.69, 9.17) is 5.73 Å². The third-order valence-corrected chi connectivity index (χ3v) is 3.46. The summed E-state index contributed by atoms with van der Waals surface area (Å²) in [6.45, 7) is 6.77. The van der Waals surface area contributed by atoms with E-state index in [0.29, 0.717) is 6.54 Å². The number of benzene rings is 1. The Kier molecular flexibility index (Phi) is 3.86. The first-order valence-electron chi connectivity index (χ1n) is 6.50. The molecule has 0 aliphatic carbocycles. The van der Waals surface area contributed by atoms with Gasteiger partial charge in [-0.15, -0.1) is 0 Å². The highest BCUT2D eigenvalue weighted by molar-refractivity contribution is 5.63. The van der Waals surface area contributed by atoms with Gasteiger partial charge in [-0.1, -0.05) is 23.8 Å². The predicted molar refractivity (Wildman–Crippen MR) is 80.8 cm³/mol. The Labute approximate surface area is 115 Å². The molecule has 0 amide bonds. The van der Waals surface area contributed by atoms with Gasteiger partial charge in [-0.05, 0) is 44.0 Å². The number of nitrogens with two attached hydrogens (primary N) is 1. The maximum atomic E-state index is 5.68. The van der Waals surface area contributed by atoms with Gasteiger partial charge in [0.1, 0.15) is 5.82 Å². The van der Waals surface area contributed by atoms with Gasteiger partial charge in [-0.2, -0.15) is 0 Å². The molecule has 1 heterocycles. The van der Waals surface area contributed by atoms with Crippen molar-refractivity contribution >= 4 is 11.5 Å². The fraction of sp³-hybridized carbons (Fsp3) is 0.312. The smallest absolute Gasteiger partial charge is 0.132 e. The van der Waals surface area contributed by atoms with Gasteiger partial charge in [0.15, 0.2) is 0 Å². The highest BCUT2D eigenvalue weighted by Crippen LogP contribution is 2.26. The summed E-state index contributed by atoms with van der Waals surface area (Å²) in [5.41, 5.74) is 11.5. The molecule has 2 rings (SSSR count). The Hall–Kier alpha value is -1.87. The van der Waals surface area contributed by atoms with Crippen LogP contribution in [-0.2, 0) is 6.54 Å². The van der Waals surface area contributed by atoms with E-state index in [-0.39, 0.29) is 0 Å². The number of nitrogens with zero attached hydrogens (tertiary/aromatic N) is 2. The summed E-state index contributed by atoms with van der Waals surface area (Å²) in [7, 11) is 2.04. The molecule has 0 saturated carbocycles. The van der Waals surface area contributed by atoms with Gasteiger partial charge in [0, 0.05) is 25.0 Å². The maximum absolute atomic E-state index is 5.68. The Morgan fingerprint density at radius 3 is 2.42 bits per heavy atom. The average molecular weight is 255 g/mol. The molecule has 0 unspecified atom stereocenters. The monoisotopic (exact) mass is 255 g/mol. The third kappa shape index (κ3) is 2.76. The van der Waals surface area contributed by atoms with Crippen LogP contribution in [0.15, 0.2) is 30.3 Å². The Bertz CT molecular complexity index is 591. The van der Waals surface area contributed by atoms with Crippen molar-refractivity contribution in [1.29, 1.82) is 0 Å². The minimum atomic E-state index is 0.534. The van der Waals surface area contributed by atoms with Crippen molar-refractivity contribution in [3.63, 3.8) is 0 Å². The van der Waals surface area contributed by atoms with Crippen LogP contribution in [0.4, 0.5) is 11.5 Å². The number of anilines is 2. The normalized spacial score (nSPS) is 10.6. The van der Waals surface area contributed by atoms with Crippen LogP contribution in [0.2, 0.25) is 0 Å². The standard InChI is InChI=1S/C16H21N3/c1-11-5-7-15(12(2)9-11)19(4)16-8-6-14(10-17)13(3)18-16/h5-9H,10,17H2,1-4H3. The number of hydrogen-bond donors (Lipinski definition) is 1. The molecule has 0 spiro atoms. The van der Waals surface area contributed by atoms with Crippen molar-refractivity contribution in [1.82, 2.24) is 4.98 Å². The zero-order valence-electron chi connectivity index (χ0n) is 12.1. The van der Waals surface area contributed by atoms with Crippen LogP contribution >= 0.6 is 0 Å². The van der Waals surface area contributed by atoms with E-state index in [1.54, 1.807) is 0 Å². The molecule has 19 heavy (non-hydrogen) atoms. The van der Waals surface area contributed by atoms with Crippen molar-refractivity contribution in [2.24, 2.45) is 5.73 Å². The van der Waals surface area contributed by atoms with E-state index in [2.05, 4.69) is 48.0 Å². The summed E-state index contributed by atoms with van der Waals surface area (Å²) in [5.74, 6) is 0.946. The molecular weight excluding hydrogens is 234 g/mol. The predicted octanol–water partition coefficient (Wildman–Crippen LogP) is 3.23. The molecule has 3 heteroatoms. The van der Waals surface area contributed by atoms with E-state index >= 15 is 0 Å². The lowest BCUT2D eigenvalue weighted by atomic mass is 10.1. The van der Waals surface area contributed by atoms with Crippen LogP contribution in [0.5, 0.6) is 0 Å². The molecule has 0 saturated heterocycles. The van der Waals surface area contributed by atoms with Crippen molar-refractivity contribution in [3.8, 4) is 0 Å². The summed E-state index contributed by atoms with van der Waals surface area (Å²) in [4.78, 5) is 6.74. The third-order valence-electron chi connectivity index (χ3n) is 3.46. The molecule has 0 aliphatic rings. The quantitative estimate of drug-likeness (QED) is 0.915. The fourth-order valence-electron chi connectivity index (χ4n) is 2.28. The fourth-order valence-corrected chi connectivity index (χ4v) is 2.28. The second-order valence-electron chi connectivity index (χ2n) is 4.97. The summed E-state index contributed by atoms with van der Waals surface area (Å²) >= 11 is 0. The number of aromatic nitrogens is 1. The Morgan fingerprint density at radius 1 is 1.11 bits per heavy atom. The topological polar surface area (TPSA) is 42.1 Å². The van der Waals surface area contributed by atoms with Crippen LogP contribution in [0.25, 0.3) is 0 Å². The molecule has 3 nitrogen and oxygen atoms in total. The second-order valence-corrected chi connectivity index (χ2v) is 4.97. The summed E-state index contributed by atoms with van der Waals surface area (Å²) in [5, 5.41) is 0. The zero-order chi connectivity index (χ0) is 14.0. The first-order chi connectivity index (χ1) is 9.02. The molecule has 0 atom stereocenters. The average Bonchev–Trinajstić information content (AvgIpc) is 2.38. The molecule has 0 aliphatic heterocycles. The SMILES string of the molecule is Cc1ccc(N(C)c2ccc(CN)c(C)n2)c(C)c1. The molecule has 1 aromatic carbocycles. The lowest BCUT2D eigenvalue weighted by molar-refractivity contribution is 0.991. The minimum absolute atomic E-state index is 0.534. The molecule has 1 aromatic heterocycles. The highest BCUT2D eigenvalue weighted by atomic mass is 15.2. The number of pyridine rings is 1. The van der Waals surface area contributed by atoms with Gasteiger partial charge >= 0.3 is 0 Å². The van der Waals surface area contributed by atoms with E-state index in [0.717, 1.165) is 17.1 Å². The summed E-state index contributed by atoms with van der Waals surface area (Å²) < 4.78 is 0. The first-order valence-corrected chi connectivity index (χ1v) is 6.50. The van der Waals surface area contributed by atoms with Gasteiger partial charge < -0.3 is 10.6 Å². The van der Waals surface area contributed by atoms with Gasteiger partial charge in [0.25, 0.3) is 0 Å². The minimum Gasteiger partial charge on any atom is -0.329 e. The molecule has 0 bridgehead atoms. The Balaban J connectivity index is 2.38. The van der Waals surface area contributed by atoms with Gasteiger partial charge in [-0.25, -0.2) is 4.98 Å². The summed E-state index contributed by atoms with van der Waals surface area (Å²) in [6, 6.07) is 10.5. The van der Waals surface area contributed by atoms with Crippen LogP contribution < -0.4 is 10.6 Å². The Morgan fingerprint density at radius 2 is 1.84 bits per heavy atom. The molecule has 2 N–H and O–H groups in total. The highest BCUT2D eigenvalue weighted by Gasteiger charge is 2.09. The zero-order valence-corrected chi connectivity index (χ0v) is 12.1. The number of rotatable bonds is 3. The van der Waals surface area contributed by atoms with Crippen molar-refractivity contribution in [2.45, 2.75) is 27.3 Å². The molecular formula is C16H21N3. The number of hydrogen-bond acceptors (Lipinski definition) is 3. The van der Waals surface area contributed by atoms with E-state index in [9.17, 15) is 0 Å². The van der Waals surface area contributed by atoms with Gasteiger partial charge in [0.2, 0.25) is 0 Å². The van der Waals surface area contributed by atoms with Crippen molar-refractivity contribution in [2.75, 3.05) is 11.9 Å². The first kappa shape index (κ1) is 13.6. The van der Waals surface area contributed by atoms with Crippen molar-refractivity contribution < 1.29 is 0 Å². The maximum Gasteiger partial charge on any atom is 0.132 e. The largest absolute Gasteiger partial charge is 0.329 e. The van der Waals surface area contributed by atoms with Crippen LogP contribution in [-0.4, -0.2) is 12.0 Å². The van der Waals surface area contributed by atoms with Crippen LogP contribution in [0, 0.1) is 20.8 Å². The van der Waals surface area contributed by atoms with E-state index in [1.165, 1.54) is 16.8 Å². The summed E-state index contributed by atoms with van der Waals surface area (Å²) in [6.07, 6.45) is 0. The van der Waals surface area contributed by atoms with Crippen LogP contribution in [0.3, 0.4) is 0 Å². The van der Waals surface area contributed by atoms with Gasteiger partial charge in [0.05, 0.1) is 0 Å². The second kappa shape index (κ2) is 5.41. The van der Waals surface area contributed by atoms with Crippen molar-refractivity contribution in [3.05, 3.63) is 52.7 Å².